The van der Waals surface area contributed by atoms with Gasteiger partial charge in [-0.3, -0.25) is 5.10 Å². The Kier molecular flexibility index (Phi) is 4.89. The number of allylic oxidation sites excluding steroid dienone is 2. The second-order valence-electron chi connectivity index (χ2n) is 9.03. The number of carbonyl (C=O) groups excluding carboxylic acids is 1. The van der Waals surface area contributed by atoms with E-state index in [1.807, 2.05) is 45.0 Å². The van der Waals surface area contributed by atoms with Crippen LogP contribution in [0.2, 0.25) is 0 Å². The van der Waals surface area contributed by atoms with Crippen molar-refractivity contribution in [3.8, 4) is 6.07 Å². The predicted octanol–water partition coefficient (Wildman–Crippen LogP) is 3.85. The number of hydrogen-bond acceptors (Lipinski definition) is 8. The van der Waals surface area contributed by atoms with Gasteiger partial charge >= 0.3 is 6.09 Å². The minimum absolute atomic E-state index is 0.346. The van der Waals surface area contributed by atoms with E-state index in [1.165, 1.54) is 0 Å². The van der Waals surface area contributed by atoms with Crippen LogP contribution < -0.4 is 5.32 Å². The fourth-order valence-electron chi connectivity index (χ4n) is 4.25. The molecule has 10 heteroatoms. The largest absolute Gasteiger partial charge is 0.444 e. The van der Waals surface area contributed by atoms with Crippen LogP contribution in [0, 0.1) is 11.3 Å². The minimum atomic E-state index is -0.553. The van der Waals surface area contributed by atoms with Gasteiger partial charge < -0.3 is 15.0 Å². The zero-order valence-electron chi connectivity index (χ0n) is 18.5. The summed E-state index contributed by atoms with van der Waals surface area (Å²) in [6, 6.07) is 8.02. The third-order valence-corrected chi connectivity index (χ3v) is 5.71. The summed E-state index contributed by atoms with van der Waals surface area (Å²) in [6.45, 7) is 6.43. The third-order valence-electron chi connectivity index (χ3n) is 5.71. The van der Waals surface area contributed by atoms with Crippen LogP contribution in [0.5, 0.6) is 0 Å². The molecule has 1 amide bonds. The van der Waals surface area contributed by atoms with Crippen LogP contribution in [-0.4, -0.2) is 50.2 Å². The van der Waals surface area contributed by atoms with Crippen LogP contribution in [0.3, 0.4) is 0 Å². The van der Waals surface area contributed by atoms with E-state index in [2.05, 4.69) is 31.9 Å². The number of fused-ring (bicyclic) bond motifs is 2. The number of ether oxygens (including phenoxy) is 1. The van der Waals surface area contributed by atoms with Crippen molar-refractivity contribution < 1.29 is 14.2 Å². The van der Waals surface area contributed by atoms with Crippen LogP contribution in [0.15, 0.2) is 51.9 Å². The maximum Gasteiger partial charge on any atom is 0.410 e. The van der Waals surface area contributed by atoms with Gasteiger partial charge in [0, 0.05) is 24.8 Å². The SMILES string of the molecule is CC(C)(C)OC(=O)N1CC=C(C2=C(C#N)C(c3cccc4nonc34)c3c[nH]nc3N2)CC1. The normalized spacial score (nSPS) is 18.4. The number of nitrogens with one attached hydrogen (secondary N) is 2. The first-order valence-electron chi connectivity index (χ1n) is 10.7. The number of nitriles is 1. The van der Waals surface area contributed by atoms with Gasteiger partial charge in [0.05, 0.1) is 23.3 Å². The zero-order valence-corrected chi connectivity index (χ0v) is 18.5. The summed E-state index contributed by atoms with van der Waals surface area (Å²) < 4.78 is 10.4. The van der Waals surface area contributed by atoms with Crippen LogP contribution in [0.4, 0.5) is 10.6 Å². The van der Waals surface area contributed by atoms with E-state index >= 15 is 0 Å². The van der Waals surface area contributed by atoms with Gasteiger partial charge in [0.2, 0.25) is 0 Å². The molecule has 10 nitrogen and oxygen atoms in total. The Morgan fingerprint density at radius 3 is 2.88 bits per heavy atom. The van der Waals surface area contributed by atoms with Crippen molar-refractivity contribution in [2.45, 2.75) is 38.7 Å². The Morgan fingerprint density at radius 2 is 2.15 bits per heavy atom. The van der Waals surface area contributed by atoms with Crippen molar-refractivity contribution in [2.24, 2.45) is 0 Å². The lowest BCUT2D eigenvalue weighted by Gasteiger charge is -2.32. The van der Waals surface area contributed by atoms with Gasteiger partial charge in [-0.05, 0) is 54.7 Å². The van der Waals surface area contributed by atoms with Gasteiger partial charge in [-0.2, -0.15) is 10.4 Å². The molecule has 2 aromatic heterocycles. The molecule has 0 saturated heterocycles. The van der Waals surface area contributed by atoms with Crippen LogP contribution >= 0.6 is 0 Å². The molecule has 0 radical (unpaired) electrons. The van der Waals surface area contributed by atoms with Gasteiger partial charge in [0.15, 0.2) is 5.82 Å². The highest BCUT2D eigenvalue weighted by Gasteiger charge is 2.35. The van der Waals surface area contributed by atoms with E-state index in [4.69, 9.17) is 9.37 Å². The van der Waals surface area contributed by atoms with E-state index < -0.39 is 5.60 Å². The highest BCUT2D eigenvalue weighted by Crippen LogP contribution is 2.44. The lowest BCUT2D eigenvalue weighted by Crippen LogP contribution is -2.39. The Hall–Kier alpha value is -4.13. The summed E-state index contributed by atoms with van der Waals surface area (Å²) in [4.78, 5) is 14.1. The summed E-state index contributed by atoms with van der Waals surface area (Å²) in [6.07, 6.45) is 3.98. The molecule has 5 rings (SSSR count). The average molecular weight is 445 g/mol. The molecule has 1 atom stereocenters. The standard InChI is InChI=1S/C23H23N7O3/c1-23(2,3)32-22(31)30-9-7-13(8-10-30)19-15(11-24)18(16-12-25-27-21(16)26-19)14-5-4-6-17-20(14)29-33-28-17/h4-7,12,18H,8-10H2,1-3H3,(H2,25,26,27). The maximum absolute atomic E-state index is 12.4. The quantitative estimate of drug-likeness (QED) is 0.608. The van der Waals surface area contributed by atoms with Crippen molar-refractivity contribution in [1.29, 1.82) is 5.26 Å². The highest BCUT2D eigenvalue weighted by atomic mass is 16.6. The first-order valence-corrected chi connectivity index (χ1v) is 10.7. The fourth-order valence-corrected chi connectivity index (χ4v) is 4.25. The number of carbonyl (C=O) groups is 1. The van der Waals surface area contributed by atoms with E-state index in [9.17, 15) is 10.1 Å². The molecule has 2 aliphatic heterocycles. The summed E-state index contributed by atoms with van der Waals surface area (Å²) in [7, 11) is 0. The monoisotopic (exact) mass is 445 g/mol. The number of aromatic amines is 1. The first-order chi connectivity index (χ1) is 15.9. The minimum Gasteiger partial charge on any atom is -0.444 e. The molecule has 1 aromatic carbocycles. The molecule has 168 valence electrons. The molecule has 1 unspecified atom stereocenters. The Balaban J connectivity index is 1.53. The molecule has 0 fully saturated rings. The molecule has 0 saturated carbocycles. The topological polar surface area (TPSA) is 133 Å². The number of H-pyrrole nitrogens is 1. The van der Waals surface area contributed by atoms with Crippen LogP contribution in [0.25, 0.3) is 11.0 Å². The third kappa shape index (κ3) is 3.71. The van der Waals surface area contributed by atoms with Gasteiger partial charge in [-0.1, -0.05) is 18.2 Å². The molecular weight excluding hydrogens is 422 g/mol. The van der Waals surface area contributed by atoms with Crippen molar-refractivity contribution in [3.05, 3.63) is 58.4 Å². The molecule has 2 aliphatic rings. The summed E-state index contributed by atoms with van der Waals surface area (Å²) in [5.41, 5.74) is 4.56. The zero-order chi connectivity index (χ0) is 23.2. The lowest BCUT2D eigenvalue weighted by molar-refractivity contribution is 0.0266. The smallest absolute Gasteiger partial charge is 0.410 e. The van der Waals surface area contributed by atoms with E-state index in [-0.39, 0.29) is 12.0 Å². The molecule has 0 bridgehead atoms. The summed E-state index contributed by atoms with van der Waals surface area (Å²) in [5.74, 6) is 0.262. The van der Waals surface area contributed by atoms with E-state index in [0.29, 0.717) is 47.6 Å². The molecular formula is C23H23N7O3. The van der Waals surface area contributed by atoms with Crippen molar-refractivity contribution >= 4 is 22.9 Å². The number of nitrogens with zero attached hydrogens (tertiary/aromatic N) is 5. The van der Waals surface area contributed by atoms with Crippen molar-refractivity contribution in [2.75, 3.05) is 18.4 Å². The number of aromatic nitrogens is 4. The summed E-state index contributed by atoms with van der Waals surface area (Å²) >= 11 is 0. The molecule has 2 N–H and O–H groups in total. The Morgan fingerprint density at radius 1 is 1.30 bits per heavy atom. The summed E-state index contributed by atoms with van der Waals surface area (Å²) in [5, 5.41) is 28.8. The van der Waals surface area contributed by atoms with Crippen molar-refractivity contribution in [1.82, 2.24) is 25.4 Å². The fraction of sp³-hybridized carbons (Fsp3) is 0.348. The average Bonchev–Trinajstić information content (AvgIpc) is 3.46. The van der Waals surface area contributed by atoms with Crippen LogP contribution in [0.1, 0.15) is 44.2 Å². The van der Waals surface area contributed by atoms with Crippen molar-refractivity contribution in [3.63, 3.8) is 0 Å². The Labute approximate surface area is 189 Å². The number of amides is 1. The first kappa shape index (κ1) is 20.8. The molecule has 4 heterocycles. The van der Waals surface area contributed by atoms with Gasteiger partial charge in [-0.25, -0.2) is 9.42 Å². The van der Waals surface area contributed by atoms with Gasteiger partial charge in [0.1, 0.15) is 16.6 Å². The number of anilines is 1. The predicted molar refractivity (Wildman–Crippen MR) is 119 cm³/mol. The van der Waals surface area contributed by atoms with Gasteiger partial charge in [-0.15, -0.1) is 0 Å². The van der Waals surface area contributed by atoms with E-state index in [0.717, 1.165) is 16.7 Å². The number of rotatable bonds is 2. The van der Waals surface area contributed by atoms with Crippen LogP contribution in [-0.2, 0) is 4.74 Å². The maximum atomic E-state index is 12.4. The number of hydrogen-bond donors (Lipinski definition) is 2. The molecule has 3 aromatic rings. The highest BCUT2D eigenvalue weighted by molar-refractivity contribution is 5.81. The second kappa shape index (κ2) is 7.78. The molecule has 0 spiro atoms. The second-order valence-corrected chi connectivity index (χ2v) is 9.03. The van der Waals surface area contributed by atoms with Gasteiger partial charge in [0.25, 0.3) is 0 Å². The van der Waals surface area contributed by atoms with E-state index in [1.54, 1.807) is 11.1 Å². The molecule has 33 heavy (non-hydrogen) atoms. The molecule has 0 aliphatic carbocycles. The number of benzene rings is 1. The Bertz CT molecular complexity index is 1340. The lowest BCUT2D eigenvalue weighted by atomic mass is 9.81.